The number of likely N-dealkylation sites (tertiary alicyclic amines) is 1. The number of rotatable bonds is 5. The Morgan fingerprint density at radius 3 is 2.94 bits per heavy atom. The lowest BCUT2D eigenvalue weighted by atomic mass is 10.1. The van der Waals surface area contributed by atoms with E-state index in [9.17, 15) is 9.59 Å². The Labute approximate surface area is 95.8 Å². The quantitative estimate of drug-likeness (QED) is 0.689. The molecule has 0 bridgehead atoms. The second kappa shape index (κ2) is 6.48. The summed E-state index contributed by atoms with van der Waals surface area (Å²) in [6.07, 6.45) is 2.60. The summed E-state index contributed by atoms with van der Waals surface area (Å²) in [4.78, 5) is 24.5. The molecular weight excluding hydrogens is 208 g/mol. The van der Waals surface area contributed by atoms with Crippen LogP contribution in [-0.2, 0) is 9.59 Å². The van der Waals surface area contributed by atoms with Crippen LogP contribution in [0.25, 0.3) is 0 Å². The van der Waals surface area contributed by atoms with Gasteiger partial charge in [0.1, 0.15) is 0 Å². The predicted molar refractivity (Wildman–Crippen MR) is 59.7 cm³/mol. The van der Waals surface area contributed by atoms with Gasteiger partial charge in [0.2, 0.25) is 11.8 Å². The van der Waals surface area contributed by atoms with Crippen molar-refractivity contribution in [2.45, 2.75) is 38.7 Å². The summed E-state index contributed by atoms with van der Waals surface area (Å²) in [6, 6.07) is 0. The lowest BCUT2D eigenvalue weighted by Gasteiger charge is -2.26. The first kappa shape index (κ1) is 13.0. The summed E-state index contributed by atoms with van der Waals surface area (Å²) in [5, 5.41) is 11.7. The van der Waals surface area contributed by atoms with Crippen LogP contribution < -0.4 is 5.32 Å². The van der Waals surface area contributed by atoms with Crippen molar-refractivity contribution in [1.29, 1.82) is 0 Å². The third kappa shape index (κ3) is 4.61. The number of amides is 2. The number of aliphatic hydroxyl groups excluding tert-OH is 1. The largest absolute Gasteiger partial charge is 0.393 e. The number of nitrogens with one attached hydrogen (secondary N) is 1. The van der Waals surface area contributed by atoms with Gasteiger partial charge in [-0.3, -0.25) is 9.59 Å². The minimum atomic E-state index is -0.406. The highest BCUT2D eigenvalue weighted by Gasteiger charge is 2.19. The Morgan fingerprint density at radius 1 is 1.56 bits per heavy atom. The first-order valence-electron chi connectivity index (χ1n) is 5.82. The molecule has 0 radical (unpaired) electrons. The molecule has 92 valence electrons. The van der Waals surface area contributed by atoms with Gasteiger partial charge in [-0.05, 0) is 26.2 Å². The number of hydrogen-bond acceptors (Lipinski definition) is 3. The maximum absolute atomic E-state index is 11.5. The second-order valence-corrected chi connectivity index (χ2v) is 4.26. The predicted octanol–water partition coefficient (Wildman–Crippen LogP) is -0.114. The van der Waals surface area contributed by atoms with Gasteiger partial charge in [0, 0.05) is 19.5 Å². The normalized spacial score (nSPS) is 18.4. The van der Waals surface area contributed by atoms with Crippen LogP contribution in [-0.4, -0.2) is 47.6 Å². The smallest absolute Gasteiger partial charge is 0.239 e. The van der Waals surface area contributed by atoms with Gasteiger partial charge in [-0.2, -0.15) is 0 Å². The molecule has 1 fully saturated rings. The molecule has 0 aromatic carbocycles. The minimum Gasteiger partial charge on any atom is -0.393 e. The molecule has 0 saturated carbocycles. The Morgan fingerprint density at radius 2 is 2.31 bits per heavy atom. The molecular formula is C11H20N2O3. The van der Waals surface area contributed by atoms with E-state index < -0.39 is 6.10 Å². The first-order valence-corrected chi connectivity index (χ1v) is 5.82. The maximum Gasteiger partial charge on any atom is 0.239 e. The molecule has 5 nitrogen and oxygen atoms in total. The zero-order valence-electron chi connectivity index (χ0n) is 9.74. The van der Waals surface area contributed by atoms with Crippen molar-refractivity contribution < 1.29 is 14.7 Å². The van der Waals surface area contributed by atoms with Crippen LogP contribution in [0.4, 0.5) is 0 Å². The van der Waals surface area contributed by atoms with E-state index in [0.717, 1.165) is 12.8 Å². The van der Waals surface area contributed by atoms with Crippen molar-refractivity contribution in [2.75, 3.05) is 19.6 Å². The summed E-state index contributed by atoms with van der Waals surface area (Å²) in [6.45, 7) is 2.97. The van der Waals surface area contributed by atoms with Gasteiger partial charge in [-0.25, -0.2) is 0 Å². The molecule has 1 rings (SSSR count). The van der Waals surface area contributed by atoms with Gasteiger partial charge in [0.05, 0.1) is 12.6 Å². The topological polar surface area (TPSA) is 69.6 Å². The molecule has 1 atom stereocenters. The summed E-state index contributed by atoms with van der Waals surface area (Å²) in [5.74, 6) is -0.0761. The van der Waals surface area contributed by atoms with Gasteiger partial charge >= 0.3 is 0 Å². The van der Waals surface area contributed by atoms with E-state index in [1.54, 1.807) is 11.8 Å². The number of nitrogens with zero attached hydrogens (tertiary/aromatic N) is 1. The molecule has 2 amide bonds. The lowest BCUT2D eigenvalue weighted by Crippen LogP contribution is -2.43. The average Bonchev–Trinajstić information content (AvgIpc) is 2.21. The SMILES string of the molecule is CC(O)CCNC(=O)CN1CCCCC1=O. The summed E-state index contributed by atoms with van der Waals surface area (Å²) >= 11 is 0. The molecule has 1 aliphatic heterocycles. The van der Waals surface area contributed by atoms with Gasteiger partial charge in [0.15, 0.2) is 0 Å². The number of piperidine rings is 1. The highest BCUT2D eigenvalue weighted by Crippen LogP contribution is 2.09. The molecule has 1 saturated heterocycles. The van der Waals surface area contributed by atoms with E-state index in [-0.39, 0.29) is 18.4 Å². The zero-order chi connectivity index (χ0) is 12.0. The van der Waals surface area contributed by atoms with Crippen LogP contribution in [0, 0.1) is 0 Å². The average molecular weight is 228 g/mol. The summed E-state index contributed by atoms with van der Waals surface area (Å²) in [5.41, 5.74) is 0. The fourth-order valence-electron chi connectivity index (χ4n) is 1.68. The van der Waals surface area contributed by atoms with Crippen LogP contribution in [0.2, 0.25) is 0 Å². The number of carbonyl (C=O) groups excluding carboxylic acids is 2. The Bertz CT molecular complexity index is 254. The van der Waals surface area contributed by atoms with Crippen molar-refractivity contribution in [2.24, 2.45) is 0 Å². The Kier molecular flexibility index (Phi) is 5.25. The molecule has 2 N–H and O–H groups in total. The molecule has 5 heteroatoms. The minimum absolute atomic E-state index is 0.0666. The number of aliphatic hydroxyl groups is 1. The molecule has 0 aliphatic carbocycles. The molecule has 0 aromatic rings. The van der Waals surface area contributed by atoms with Crippen molar-refractivity contribution >= 4 is 11.8 Å². The fraction of sp³-hybridized carbons (Fsp3) is 0.818. The van der Waals surface area contributed by atoms with Crippen molar-refractivity contribution in [3.05, 3.63) is 0 Å². The van der Waals surface area contributed by atoms with Gasteiger partial charge < -0.3 is 15.3 Å². The van der Waals surface area contributed by atoms with E-state index >= 15 is 0 Å². The molecule has 0 spiro atoms. The molecule has 1 heterocycles. The number of carbonyl (C=O) groups is 2. The van der Waals surface area contributed by atoms with Crippen molar-refractivity contribution in [3.63, 3.8) is 0 Å². The van der Waals surface area contributed by atoms with E-state index in [1.807, 2.05) is 0 Å². The third-order valence-electron chi connectivity index (χ3n) is 2.64. The molecule has 16 heavy (non-hydrogen) atoms. The Hall–Kier alpha value is -1.10. The third-order valence-corrected chi connectivity index (χ3v) is 2.64. The molecule has 0 aromatic heterocycles. The zero-order valence-corrected chi connectivity index (χ0v) is 9.74. The van der Waals surface area contributed by atoms with Crippen LogP contribution in [0.3, 0.4) is 0 Å². The van der Waals surface area contributed by atoms with Crippen LogP contribution in [0.1, 0.15) is 32.6 Å². The maximum atomic E-state index is 11.5. The summed E-state index contributed by atoms with van der Waals surface area (Å²) in [7, 11) is 0. The van der Waals surface area contributed by atoms with Crippen LogP contribution in [0.5, 0.6) is 0 Å². The summed E-state index contributed by atoms with van der Waals surface area (Å²) < 4.78 is 0. The van der Waals surface area contributed by atoms with Gasteiger partial charge in [-0.15, -0.1) is 0 Å². The standard InChI is InChI=1S/C11H20N2O3/c1-9(14)5-6-12-10(15)8-13-7-3-2-4-11(13)16/h9,14H,2-8H2,1H3,(H,12,15). The van der Waals surface area contributed by atoms with E-state index in [4.69, 9.17) is 5.11 Å². The van der Waals surface area contributed by atoms with E-state index in [0.29, 0.717) is 25.9 Å². The molecule has 1 unspecified atom stereocenters. The van der Waals surface area contributed by atoms with Crippen LogP contribution in [0.15, 0.2) is 0 Å². The first-order chi connectivity index (χ1) is 7.59. The highest BCUT2D eigenvalue weighted by molar-refractivity contribution is 5.85. The monoisotopic (exact) mass is 228 g/mol. The van der Waals surface area contributed by atoms with E-state index in [2.05, 4.69) is 5.32 Å². The van der Waals surface area contributed by atoms with Gasteiger partial charge in [-0.1, -0.05) is 0 Å². The molecule has 1 aliphatic rings. The van der Waals surface area contributed by atoms with Crippen molar-refractivity contribution in [1.82, 2.24) is 10.2 Å². The van der Waals surface area contributed by atoms with Crippen LogP contribution >= 0.6 is 0 Å². The fourth-order valence-corrected chi connectivity index (χ4v) is 1.68. The lowest BCUT2D eigenvalue weighted by molar-refractivity contribution is -0.137. The Balaban J connectivity index is 2.20. The van der Waals surface area contributed by atoms with Crippen molar-refractivity contribution in [3.8, 4) is 0 Å². The second-order valence-electron chi connectivity index (χ2n) is 4.26. The van der Waals surface area contributed by atoms with E-state index in [1.165, 1.54) is 0 Å². The number of hydrogen-bond donors (Lipinski definition) is 2. The highest BCUT2D eigenvalue weighted by atomic mass is 16.3. The van der Waals surface area contributed by atoms with Gasteiger partial charge in [0.25, 0.3) is 0 Å².